The van der Waals surface area contributed by atoms with Crippen molar-refractivity contribution in [1.82, 2.24) is 5.32 Å². The van der Waals surface area contributed by atoms with Gasteiger partial charge in [-0.2, -0.15) is 0 Å². The van der Waals surface area contributed by atoms with Gasteiger partial charge < -0.3 is 5.32 Å². The Morgan fingerprint density at radius 2 is 2.11 bits per heavy atom. The van der Waals surface area contributed by atoms with Gasteiger partial charge >= 0.3 is 0 Å². The SMILES string of the molecule is C/C=C(/Cl)NC(Cl)=NC. The lowest BCUT2D eigenvalue weighted by atomic mass is 10.7. The molecule has 0 saturated carbocycles. The molecule has 0 bridgehead atoms. The Kier molecular flexibility index (Phi) is 4.54. The number of aliphatic imine (C=N–C) groups is 1. The lowest BCUT2D eigenvalue weighted by Gasteiger charge is -1.97. The summed E-state index contributed by atoms with van der Waals surface area (Å²) in [6, 6.07) is 0. The molecule has 0 atom stereocenters. The van der Waals surface area contributed by atoms with E-state index in [-0.39, 0.29) is 5.29 Å². The number of nitrogens with one attached hydrogen (secondary N) is 1. The molecule has 4 heteroatoms. The van der Waals surface area contributed by atoms with E-state index in [1.165, 1.54) is 0 Å². The molecule has 0 saturated heterocycles. The third-order valence-corrected chi connectivity index (χ3v) is 1.25. The van der Waals surface area contributed by atoms with Crippen LogP contribution in [0.1, 0.15) is 6.92 Å². The Bertz CT molecular complexity index is 124. The molecular formula is C5H8Cl2N2. The van der Waals surface area contributed by atoms with Gasteiger partial charge in [0.05, 0.1) is 0 Å². The van der Waals surface area contributed by atoms with Crippen molar-refractivity contribution in [2.75, 3.05) is 7.05 Å². The summed E-state index contributed by atoms with van der Waals surface area (Å²) >= 11 is 11.0. The van der Waals surface area contributed by atoms with Crippen LogP contribution in [-0.4, -0.2) is 12.3 Å². The van der Waals surface area contributed by atoms with Crippen LogP contribution >= 0.6 is 23.2 Å². The molecular weight excluding hydrogens is 159 g/mol. The zero-order valence-corrected chi connectivity index (χ0v) is 6.79. The Hall–Kier alpha value is -0.210. The molecule has 52 valence electrons. The molecule has 0 spiro atoms. The van der Waals surface area contributed by atoms with Gasteiger partial charge in [0.15, 0.2) is 5.29 Å². The second kappa shape index (κ2) is 4.65. The number of amidine groups is 1. The highest BCUT2D eigenvalue weighted by Gasteiger charge is 1.90. The maximum absolute atomic E-state index is 5.52. The summed E-state index contributed by atoms with van der Waals surface area (Å²) in [4.78, 5) is 3.62. The van der Waals surface area contributed by atoms with Gasteiger partial charge in [-0.1, -0.05) is 17.7 Å². The van der Waals surface area contributed by atoms with Crippen molar-refractivity contribution in [3.63, 3.8) is 0 Å². The van der Waals surface area contributed by atoms with E-state index in [9.17, 15) is 0 Å². The monoisotopic (exact) mass is 166 g/mol. The molecule has 0 unspecified atom stereocenters. The first-order valence-electron chi connectivity index (χ1n) is 2.41. The summed E-state index contributed by atoms with van der Waals surface area (Å²) in [7, 11) is 1.58. The highest BCUT2D eigenvalue weighted by Crippen LogP contribution is 1.95. The summed E-state index contributed by atoms with van der Waals surface area (Å²) in [5.74, 6) is 0. The average molecular weight is 167 g/mol. The topological polar surface area (TPSA) is 24.4 Å². The predicted molar refractivity (Wildman–Crippen MR) is 42.0 cm³/mol. The number of allylic oxidation sites excluding steroid dienone is 1. The minimum absolute atomic E-state index is 0.290. The smallest absolute Gasteiger partial charge is 0.196 e. The Balaban J connectivity index is 3.75. The van der Waals surface area contributed by atoms with Crippen molar-refractivity contribution in [1.29, 1.82) is 0 Å². The highest BCUT2D eigenvalue weighted by molar-refractivity contribution is 6.65. The van der Waals surface area contributed by atoms with Crippen molar-refractivity contribution in [3.8, 4) is 0 Å². The maximum atomic E-state index is 5.52. The third kappa shape index (κ3) is 4.30. The van der Waals surface area contributed by atoms with Crippen molar-refractivity contribution >= 4 is 28.5 Å². The van der Waals surface area contributed by atoms with E-state index in [2.05, 4.69) is 10.3 Å². The lowest BCUT2D eigenvalue weighted by molar-refractivity contribution is 1.22. The van der Waals surface area contributed by atoms with Crippen molar-refractivity contribution in [2.24, 2.45) is 4.99 Å². The molecule has 0 amide bonds. The Morgan fingerprint density at radius 3 is 2.44 bits per heavy atom. The first-order chi connectivity index (χ1) is 4.20. The second-order valence-corrected chi connectivity index (χ2v) is 2.04. The van der Waals surface area contributed by atoms with E-state index >= 15 is 0 Å². The fraction of sp³-hybridized carbons (Fsp3) is 0.400. The molecule has 0 aromatic rings. The van der Waals surface area contributed by atoms with Gasteiger partial charge in [-0.3, -0.25) is 4.99 Å². The molecule has 0 aliphatic rings. The van der Waals surface area contributed by atoms with Crippen LogP contribution in [0.5, 0.6) is 0 Å². The quantitative estimate of drug-likeness (QED) is 0.360. The number of hydrogen-bond donors (Lipinski definition) is 1. The lowest BCUT2D eigenvalue weighted by Crippen LogP contribution is -2.13. The molecule has 0 fully saturated rings. The third-order valence-electron chi connectivity index (χ3n) is 0.672. The first kappa shape index (κ1) is 8.79. The van der Waals surface area contributed by atoms with Gasteiger partial charge in [0.2, 0.25) is 0 Å². The largest absolute Gasteiger partial charge is 0.322 e. The molecule has 0 heterocycles. The zero-order chi connectivity index (χ0) is 7.28. The fourth-order valence-electron chi connectivity index (χ4n) is 0.227. The van der Waals surface area contributed by atoms with Crippen LogP contribution in [0.3, 0.4) is 0 Å². The number of hydrogen-bond acceptors (Lipinski definition) is 1. The van der Waals surface area contributed by atoms with E-state index in [4.69, 9.17) is 23.2 Å². The van der Waals surface area contributed by atoms with Gasteiger partial charge in [0.25, 0.3) is 0 Å². The van der Waals surface area contributed by atoms with Crippen LogP contribution < -0.4 is 5.32 Å². The Morgan fingerprint density at radius 1 is 1.56 bits per heavy atom. The molecule has 0 aromatic heterocycles. The number of nitrogens with zero attached hydrogens (tertiary/aromatic N) is 1. The molecule has 1 N–H and O–H groups in total. The van der Waals surface area contributed by atoms with E-state index in [0.29, 0.717) is 5.16 Å². The first-order valence-corrected chi connectivity index (χ1v) is 3.17. The second-order valence-electron chi connectivity index (χ2n) is 1.28. The average Bonchev–Trinajstić information content (AvgIpc) is 1.87. The predicted octanol–water partition coefficient (Wildman–Crippen LogP) is 1.90. The minimum atomic E-state index is 0.290. The summed E-state index contributed by atoms with van der Waals surface area (Å²) in [5, 5.41) is 3.39. The maximum Gasteiger partial charge on any atom is 0.196 e. The Labute approximate surface area is 64.6 Å². The van der Waals surface area contributed by atoms with E-state index in [0.717, 1.165) is 0 Å². The highest BCUT2D eigenvalue weighted by atomic mass is 35.5. The van der Waals surface area contributed by atoms with Crippen LogP contribution in [0.15, 0.2) is 16.2 Å². The van der Waals surface area contributed by atoms with Crippen LogP contribution in [0.2, 0.25) is 0 Å². The summed E-state index contributed by atoms with van der Waals surface area (Å²) in [5.41, 5.74) is 0. The minimum Gasteiger partial charge on any atom is -0.322 e. The van der Waals surface area contributed by atoms with E-state index < -0.39 is 0 Å². The van der Waals surface area contributed by atoms with Crippen LogP contribution in [0.4, 0.5) is 0 Å². The standard InChI is InChI=1S/C5H8Cl2N2/c1-3-4(6)9-5(7)8-2/h3H,1-2H3,(H,8,9)/b4-3-. The normalized spacial score (nSPS) is 13.8. The summed E-state index contributed by atoms with van der Waals surface area (Å²) < 4.78 is 0. The van der Waals surface area contributed by atoms with Crippen LogP contribution in [0, 0.1) is 0 Å². The summed E-state index contributed by atoms with van der Waals surface area (Å²) in [6.07, 6.45) is 1.69. The molecule has 0 aromatic carbocycles. The van der Waals surface area contributed by atoms with Gasteiger partial charge in [-0.15, -0.1) is 0 Å². The molecule has 0 aliphatic carbocycles. The van der Waals surface area contributed by atoms with Crippen molar-refractivity contribution in [2.45, 2.75) is 6.92 Å². The van der Waals surface area contributed by atoms with Gasteiger partial charge in [-0.25, -0.2) is 0 Å². The fourth-order valence-corrected chi connectivity index (χ4v) is 0.466. The van der Waals surface area contributed by atoms with Gasteiger partial charge in [0, 0.05) is 7.05 Å². The van der Waals surface area contributed by atoms with Gasteiger partial charge in [0.1, 0.15) is 5.16 Å². The molecule has 0 rings (SSSR count). The van der Waals surface area contributed by atoms with Gasteiger partial charge in [-0.05, 0) is 18.5 Å². The molecule has 0 aliphatic heterocycles. The number of halogens is 2. The van der Waals surface area contributed by atoms with Crippen LogP contribution in [0.25, 0.3) is 0 Å². The summed E-state index contributed by atoms with van der Waals surface area (Å²) in [6.45, 7) is 1.80. The zero-order valence-electron chi connectivity index (χ0n) is 5.28. The molecule has 9 heavy (non-hydrogen) atoms. The van der Waals surface area contributed by atoms with Crippen molar-refractivity contribution in [3.05, 3.63) is 11.2 Å². The number of rotatable bonds is 1. The van der Waals surface area contributed by atoms with E-state index in [1.807, 2.05) is 0 Å². The molecule has 0 radical (unpaired) electrons. The van der Waals surface area contributed by atoms with Crippen molar-refractivity contribution < 1.29 is 0 Å². The molecule has 2 nitrogen and oxygen atoms in total. The van der Waals surface area contributed by atoms with E-state index in [1.54, 1.807) is 20.0 Å². The van der Waals surface area contributed by atoms with Crippen LogP contribution in [-0.2, 0) is 0 Å².